The van der Waals surface area contributed by atoms with Crippen molar-refractivity contribution in [2.75, 3.05) is 26.8 Å². The molecule has 2 aromatic rings. The normalized spacial score (nSPS) is 21.6. The van der Waals surface area contributed by atoms with Crippen LogP contribution in [0.25, 0.3) is 0 Å². The Balaban J connectivity index is 1.63. The average Bonchev–Trinajstić information content (AvgIpc) is 3.23. The molecule has 1 aromatic heterocycles. The molecule has 1 N–H and O–H groups in total. The van der Waals surface area contributed by atoms with E-state index in [1.54, 1.807) is 19.5 Å². The highest BCUT2D eigenvalue weighted by atomic mass is 19.4. The maximum Gasteiger partial charge on any atom is 0.419 e. The summed E-state index contributed by atoms with van der Waals surface area (Å²) >= 11 is 0. The maximum absolute atomic E-state index is 13.0. The van der Waals surface area contributed by atoms with Gasteiger partial charge in [-0.1, -0.05) is 12.1 Å². The van der Waals surface area contributed by atoms with E-state index in [2.05, 4.69) is 14.9 Å². The zero-order valence-electron chi connectivity index (χ0n) is 13.8. The molecule has 2 heterocycles. The number of nitrogens with one attached hydrogen (secondary N) is 1. The summed E-state index contributed by atoms with van der Waals surface area (Å²) < 4.78 is 49.9. The van der Waals surface area contributed by atoms with Crippen LogP contribution < -0.4 is 4.74 Å². The molecule has 8 heteroatoms. The van der Waals surface area contributed by atoms with Crippen LogP contribution >= 0.6 is 0 Å². The monoisotopic (exact) mass is 355 g/mol. The van der Waals surface area contributed by atoms with E-state index in [0.717, 1.165) is 18.3 Å². The zero-order valence-corrected chi connectivity index (χ0v) is 13.8. The second-order valence-electron chi connectivity index (χ2n) is 5.92. The fourth-order valence-electron chi connectivity index (χ4n) is 3.12. The molecule has 1 fully saturated rings. The Morgan fingerprint density at radius 2 is 2.12 bits per heavy atom. The quantitative estimate of drug-likeness (QED) is 0.864. The van der Waals surface area contributed by atoms with Crippen LogP contribution in [0.5, 0.6) is 5.75 Å². The van der Waals surface area contributed by atoms with Gasteiger partial charge in [0.1, 0.15) is 18.2 Å². The molecule has 0 bridgehead atoms. The lowest BCUT2D eigenvalue weighted by atomic mass is 10.2. The van der Waals surface area contributed by atoms with E-state index in [0.29, 0.717) is 13.1 Å². The number of aromatic nitrogens is 2. The molecule has 1 aliphatic rings. The van der Waals surface area contributed by atoms with Gasteiger partial charge < -0.3 is 14.5 Å². The van der Waals surface area contributed by atoms with E-state index in [1.165, 1.54) is 18.2 Å². The lowest BCUT2D eigenvalue weighted by Gasteiger charge is -2.23. The third-order valence-corrected chi connectivity index (χ3v) is 4.36. The van der Waals surface area contributed by atoms with Crippen LogP contribution in [0.15, 0.2) is 36.7 Å². The Bertz CT molecular complexity index is 676. The SMILES string of the molecule is CO[C@@H]1CC(c2ncc[nH]2)N(CCOc2ccccc2C(F)(F)F)C1. The van der Waals surface area contributed by atoms with E-state index < -0.39 is 11.7 Å². The van der Waals surface area contributed by atoms with E-state index in [9.17, 15) is 13.2 Å². The summed E-state index contributed by atoms with van der Waals surface area (Å²) in [6.07, 6.45) is -0.142. The second-order valence-corrected chi connectivity index (χ2v) is 5.92. The van der Waals surface area contributed by atoms with Crippen LogP contribution in [0.1, 0.15) is 23.9 Å². The second kappa shape index (κ2) is 7.45. The fraction of sp³-hybridized carbons (Fsp3) is 0.471. The first-order chi connectivity index (χ1) is 12.0. The molecule has 1 saturated heterocycles. The lowest BCUT2D eigenvalue weighted by molar-refractivity contribution is -0.139. The number of methoxy groups -OCH3 is 1. The van der Waals surface area contributed by atoms with Crippen molar-refractivity contribution in [1.82, 2.24) is 14.9 Å². The topological polar surface area (TPSA) is 50.4 Å². The number of aromatic amines is 1. The summed E-state index contributed by atoms with van der Waals surface area (Å²) in [6, 6.07) is 5.30. The third kappa shape index (κ3) is 4.13. The molecule has 0 saturated carbocycles. The molecule has 0 amide bonds. The minimum absolute atomic E-state index is 0.0430. The van der Waals surface area contributed by atoms with Gasteiger partial charge in [-0.25, -0.2) is 4.98 Å². The van der Waals surface area contributed by atoms with E-state index in [1.807, 2.05) is 0 Å². The van der Waals surface area contributed by atoms with Crippen LogP contribution in [0, 0.1) is 0 Å². The van der Waals surface area contributed by atoms with E-state index in [4.69, 9.17) is 9.47 Å². The third-order valence-electron chi connectivity index (χ3n) is 4.36. The van der Waals surface area contributed by atoms with Gasteiger partial charge in [-0.3, -0.25) is 4.90 Å². The number of para-hydroxylation sites is 1. The van der Waals surface area contributed by atoms with Crippen LogP contribution in [0.4, 0.5) is 13.2 Å². The van der Waals surface area contributed by atoms with E-state index >= 15 is 0 Å². The number of likely N-dealkylation sites (tertiary alicyclic amines) is 1. The van der Waals surface area contributed by atoms with Crippen molar-refractivity contribution in [3.8, 4) is 5.75 Å². The highest BCUT2D eigenvalue weighted by Crippen LogP contribution is 2.36. The molecule has 1 aliphatic heterocycles. The first-order valence-electron chi connectivity index (χ1n) is 8.04. The van der Waals surface area contributed by atoms with Crippen LogP contribution in [-0.2, 0) is 10.9 Å². The van der Waals surface area contributed by atoms with E-state index in [-0.39, 0.29) is 24.5 Å². The van der Waals surface area contributed by atoms with Crippen molar-refractivity contribution in [2.45, 2.75) is 24.7 Å². The lowest BCUT2D eigenvalue weighted by Crippen LogP contribution is -2.30. The van der Waals surface area contributed by atoms with Crippen molar-refractivity contribution < 1.29 is 22.6 Å². The zero-order chi connectivity index (χ0) is 17.9. The van der Waals surface area contributed by atoms with Gasteiger partial charge in [-0.15, -0.1) is 0 Å². The summed E-state index contributed by atoms with van der Waals surface area (Å²) in [4.78, 5) is 9.49. The molecule has 0 radical (unpaired) electrons. The van der Waals surface area contributed by atoms with Gasteiger partial charge >= 0.3 is 6.18 Å². The number of halogens is 3. The first-order valence-corrected chi connectivity index (χ1v) is 8.04. The number of alkyl halides is 3. The largest absolute Gasteiger partial charge is 0.492 e. The minimum Gasteiger partial charge on any atom is -0.492 e. The van der Waals surface area contributed by atoms with Crippen molar-refractivity contribution in [3.63, 3.8) is 0 Å². The van der Waals surface area contributed by atoms with Gasteiger partial charge in [0.05, 0.1) is 17.7 Å². The number of benzene rings is 1. The molecule has 2 atom stereocenters. The summed E-state index contributed by atoms with van der Waals surface area (Å²) in [5.74, 6) is 0.683. The number of hydrogen-bond acceptors (Lipinski definition) is 4. The Kier molecular flexibility index (Phi) is 5.29. The summed E-state index contributed by atoms with van der Waals surface area (Å²) in [5.41, 5.74) is -0.756. The smallest absolute Gasteiger partial charge is 0.419 e. The Morgan fingerprint density at radius 1 is 1.32 bits per heavy atom. The molecule has 1 unspecified atom stereocenters. The Hall–Kier alpha value is -2.06. The van der Waals surface area contributed by atoms with Gasteiger partial charge in [0, 0.05) is 32.6 Å². The molecule has 1 aromatic carbocycles. The molecular weight excluding hydrogens is 335 g/mol. The number of ether oxygens (including phenoxy) is 2. The molecule has 0 aliphatic carbocycles. The molecular formula is C17H20F3N3O2. The highest BCUT2D eigenvalue weighted by molar-refractivity contribution is 5.35. The molecule has 3 rings (SSSR count). The summed E-state index contributed by atoms with van der Waals surface area (Å²) in [6.45, 7) is 1.32. The Labute approximate surface area is 143 Å². The standard InChI is InChI=1S/C17H20F3N3O2/c1-24-12-10-14(16-21-6-7-22-16)23(11-12)8-9-25-15-5-3-2-4-13(15)17(18,19)20/h2-7,12,14H,8-11H2,1H3,(H,21,22)/t12-,14?/m1/s1. The van der Waals surface area contributed by atoms with Gasteiger partial charge in [0.15, 0.2) is 0 Å². The number of nitrogens with zero attached hydrogens (tertiary/aromatic N) is 2. The molecule has 0 spiro atoms. The number of rotatable bonds is 6. The molecule has 5 nitrogen and oxygen atoms in total. The van der Waals surface area contributed by atoms with Gasteiger partial charge in [0.2, 0.25) is 0 Å². The summed E-state index contributed by atoms with van der Waals surface area (Å²) in [5, 5.41) is 0. The highest BCUT2D eigenvalue weighted by Gasteiger charge is 2.36. The minimum atomic E-state index is -4.43. The average molecular weight is 355 g/mol. The molecule has 25 heavy (non-hydrogen) atoms. The van der Waals surface area contributed by atoms with Crippen LogP contribution in [0.3, 0.4) is 0 Å². The number of H-pyrrole nitrogens is 1. The van der Waals surface area contributed by atoms with Gasteiger partial charge in [-0.05, 0) is 18.6 Å². The van der Waals surface area contributed by atoms with Crippen LogP contribution in [-0.4, -0.2) is 47.8 Å². The number of imidazole rings is 1. The predicted molar refractivity (Wildman–Crippen MR) is 85.3 cm³/mol. The van der Waals surface area contributed by atoms with Gasteiger partial charge in [-0.2, -0.15) is 13.2 Å². The van der Waals surface area contributed by atoms with Crippen molar-refractivity contribution in [3.05, 3.63) is 48.0 Å². The number of hydrogen-bond donors (Lipinski definition) is 1. The predicted octanol–water partition coefficient (Wildman–Crippen LogP) is 3.27. The van der Waals surface area contributed by atoms with Gasteiger partial charge in [0.25, 0.3) is 0 Å². The van der Waals surface area contributed by atoms with Crippen LogP contribution in [0.2, 0.25) is 0 Å². The summed E-state index contributed by atoms with van der Waals surface area (Å²) in [7, 11) is 1.66. The first kappa shape index (κ1) is 17.8. The fourth-order valence-corrected chi connectivity index (χ4v) is 3.12. The van der Waals surface area contributed by atoms with Crippen molar-refractivity contribution in [1.29, 1.82) is 0 Å². The van der Waals surface area contributed by atoms with Crippen molar-refractivity contribution >= 4 is 0 Å². The van der Waals surface area contributed by atoms with Crippen molar-refractivity contribution in [2.24, 2.45) is 0 Å². The Morgan fingerprint density at radius 3 is 2.80 bits per heavy atom. The maximum atomic E-state index is 13.0. The molecule has 136 valence electrons.